The van der Waals surface area contributed by atoms with Gasteiger partial charge in [0, 0.05) is 13.1 Å². The van der Waals surface area contributed by atoms with E-state index in [1.54, 1.807) is 23.4 Å². The average molecular weight is 414 g/mol. The van der Waals surface area contributed by atoms with Gasteiger partial charge in [-0.2, -0.15) is 0 Å². The molecule has 0 bridgehead atoms. The molecule has 0 saturated carbocycles. The Morgan fingerprint density at radius 2 is 1.31 bits per heavy atom. The maximum atomic E-state index is 13.7. The molecule has 0 spiro atoms. The van der Waals surface area contributed by atoms with E-state index in [1.165, 1.54) is 0 Å². The van der Waals surface area contributed by atoms with Crippen LogP contribution in [0.25, 0.3) is 0 Å². The number of benzene rings is 2. The zero-order valence-corrected chi connectivity index (χ0v) is 17.1. The fourth-order valence-electron chi connectivity index (χ4n) is 2.51. The van der Waals surface area contributed by atoms with Gasteiger partial charge >= 0.3 is 7.59 Å². The van der Waals surface area contributed by atoms with Gasteiger partial charge in [-0.3, -0.25) is 14.4 Å². The van der Waals surface area contributed by atoms with Crippen molar-refractivity contribution in [1.82, 2.24) is 14.4 Å². The molecule has 0 aliphatic carbocycles. The molecule has 0 aliphatic rings. The molecule has 1 amide bonds. The molecule has 0 unspecified atom stereocenters. The van der Waals surface area contributed by atoms with E-state index in [0.717, 1.165) is 11.1 Å². The molecule has 8 heteroatoms. The second-order valence-corrected chi connectivity index (χ2v) is 9.70. The number of nitrogens with one attached hydrogen (secondary N) is 1. The molecule has 140 valence electrons. The van der Waals surface area contributed by atoms with Crippen LogP contribution in [0.15, 0.2) is 60.7 Å². The van der Waals surface area contributed by atoms with Crippen molar-refractivity contribution in [3.05, 3.63) is 71.8 Å². The van der Waals surface area contributed by atoms with E-state index in [4.69, 9.17) is 23.2 Å². The van der Waals surface area contributed by atoms with Gasteiger partial charge in [0.15, 0.2) is 4.84 Å². The van der Waals surface area contributed by atoms with Crippen LogP contribution >= 0.6 is 30.8 Å². The molecule has 0 aromatic heterocycles. The van der Waals surface area contributed by atoms with E-state index in [1.807, 2.05) is 60.7 Å². The molecule has 26 heavy (non-hydrogen) atoms. The van der Waals surface area contributed by atoms with E-state index in [-0.39, 0.29) is 0 Å². The third kappa shape index (κ3) is 5.57. The molecule has 5 nitrogen and oxygen atoms in total. The summed E-state index contributed by atoms with van der Waals surface area (Å²) in [7, 11) is -0.0413. The first-order valence-electron chi connectivity index (χ1n) is 8.04. The zero-order chi connectivity index (χ0) is 19.2. The molecule has 0 saturated heterocycles. The maximum absolute atomic E-state index is 13.7. The normalized spacial score (nSPS) is 12.0. The SMILES string of the molecule is CN(Cc1ccccc1)P(=O)(NC(=O)C(Cl)Cl)N(C)Cc1ccccc1. The highest BCUT2D eigenvalue weighted by atomic mass is 35.5. The van der Waals surface area contributed by atoms with Crippen molar-refractivity contribution in [2.75, 3.05) is 14.1 Å². The molecule has 0 radical (unpaired) electrons. The highest BCUT2D eigenvalue weighted by Crippen LogP contribution is 2.49. The van der Waals surface area contributed by atoms with Crippen LogP contribution in [0, 0.1) is 0 Å². The van der Waals surface area contributed by atoms with E-state index in [9.17, 15) is 9.36 Å². The smallest absolute Gasteiger partial charge is 0.280 e. The summed E-state index contributed by atoms with van der Waals surface area (Å²) >= 11 is 11.3. The zero-order valence-electron chi connectivity index (χ0n) is 14.7. The predicted octanol–water partition coefficient (Wildman–Crippen LogP) is 4.28. The van der Waals surface area contributed by atoms with Crippen molar-refractivity contribution in [2.45, 2.75) is 17.9 Å². The first-order valence-corrected chi connectivity index (χ1v) is 10.5. The van der Waals surface area contributed by atoms with Crippen LogP contribution in [-0.2, 0) is 22.4 Å². The van der Waals surface area contributed by atoms with Crippen LogP contribution in [0.4, 0.5) is 0 Å². The van der Waals surface area contributed by atoms with E-state index in [0.29, 0.717) is 13.1 Å². The minimum Gasteiger partial charge on any atom is -0.280 e. The molecule has 2 rings (SSSR count). The van der Waals surface area contributed by atoms with E-state index < -0.39 is 18.3 Å². The summed E-state index contributed by atoms with van der Waals surface area (Å²) in [6.07, 6.45) is 0. The minimum absolute atomic E-state index is 0.396. The molecular formula is C18H22Cl2N3O2P. The quantitative estimate of drug-likeness (QED) is 0.518. The van der Waals surface area contributed by atoms with Crippen molar-refractivity contribution < 1.29 is 9.36 Å². The first kappa shape index (κ1) is 20.9. The number of hydrogen-bond donors (Lipinski definition) is 1. The molecule has 1 N–H and O–H groups in total. The van der Waals surface area contributed by atoms with Crippen LogP contribution in [-0.4, -0.2) is 34.2 Å². The maximum Gasteiger partial charge on any atom is 0.310 e. The van der Waals surface area contributed by atoms with Crippen LogP contribution in [0.3, 0.4) is 0 Å². The Hall–Kier alpha value is -1.36. The van der Waals surface area contributed by atoms with Gasteiger partial charge in [-0.05, 0) is 25.2 Å². The van der Waals surface area contributed by atoms with Gasteiger partial charge in [-0.15, -0.1) is 0 Å². The van der Waals surface area contributed by atoms with Gasteiger partial charge in [0.05, 0.1) is 0 Å². The number of alkyl halides is 2. The second-order valence-electron chi connectivity index (χ2n) is 5.92. The largest absolute Gasteiger partial charge is 0.310 e. The Morgan fingerprint density at radius 1 is 0.923 bits per heavy atom. The highest BCUT2D eigenvalue weighted by molar-refractivity contribution is 7.57. The second kappa shape index (κ2) is 9.54. The van der Waals surface area contributed by atoms with Gasteiger partial charge in [-0.1, -0.05) is 83.9 Å². The van der Waals surface area contributed by atoms with E-state index >= 15 is 0 Å². The van der Waals surface area contributed by atoms with Crippen molar-refractivity contribution in [1.29, 1.82) is 0 Å². The molecule has 0 atom stereocenters. The fraction of sp³-hybridized carbons (Fsp3) is 0.278. The standard InChI is InChI=1S/C18H22Cl2N3O2P/c1-22(13-15-9-5-3-6-10-15)26(25,21-18(24)17(19)20)23(2)14-16-11-7-4-8-12-16/h3-12,17H,13-14H2,1-2H3,(H,21,24,25). The number of amides is 1. The highest BCUT2D eigenvalue weighted by Gasteiger charge is 2.36. The van der Waals surface area contributed by atoms with Gasteiger partial charge in [0.2, 0.25) is 0 Å². The van der Waals surface area contributed by atoms with Crippen molar-refractivity contribution in [3.63, 3.8) is 0 Å². The summed E-state index contributed by atoms with van der Waals surface area (Å²) < 4.78 is 17.0. The summed E-state index contributed by atoms with van der Waals surface area (Å²) in [4.78, 5) is 10.8. The summed E-state index contributed by atoms with van der Waals surface area (Å²) in [6.45, 7) is 0.791. The number of nitrogens with zero attached hydrogens (tertiary/aromatic N) is 2. The average Bonchev–Trinajstić information content (AvgIpc) is 2.63. The molecule has 0 aliphatic heterocycles. The first-order chi connectivity index (χ1) is 12.3. The molecule has 2 aromatic carbocycles. The number of carbonyl (C=O) groups is 1. The van der Waals surface area contributed by atoms with Crippen LogP contribution < -0.4 is 5.09 Å². The van der Waals surface area contributed by atoms with Crippen LogP contribution in [0.1, 0.15) is 11.1 Å². The van der Waals surface area contributed by atoms with Gasteiger partial charge in [0.25, 0.3) is 5.91 Å². The van der Waals surface area contributed by atoms with Gasteiger partial charge in [-0.25, -0.2) is 9.34 Å². The lowest BCUT2D eigenvalue weighted by Gasteiger charge is -2.35. The van der Waals surface area contributed by atoms with Crippen LogP contribution in [0.5, 0.6) is 0 Å². The lowest BCUT2D eigenvalue weighted by atomic mass is 10.2. The Morgan fingerprint density at radius 3 is 1.65 bits per heavy atom. The number of hydrogen-bond acceptors (Lipinski definition) is 2. The summed E-state index contributed by atoms with van der Waals surface area (Å²) in [5.74, 6) is -0.684. The number of carbonyl (C=O) groups excluding carboxylic acids is 1. The third-order valence-corrected chi connectivity index (χ3v) is 6.93. The Balaban J connectivity index is 2.25. The summed E-state index contributed by atoms with van der Waals surface area (Å²) in [5.41, 5.74) is 1.96. The molecular weight excluding hydrogens is 392 g/mol. The van der Waals surface area contributed by atoms with Gasteiger partial charge in [0.1, 0.15) is 0 Å². The Kier molecular flexibility index (Phi) is 7.69. The van der Waals surface area contributed by atoms with Crippen molar-refractivity contribution >= 4 is 36.7 Å². The topological polar surface area (TPSA) is 52.7 Å². The Bertz CT molecular complexity index is 708. The lowest BCUT2D eigenvalue weighted by Crippen LogP contribution is -2.39. The lowest BCUT2D eigenvalue weighted by molar-refractivity contribution is -0.117. The van der Waals surface area contributed by atoms with Crippen LogP contribution in [0.2, 0.25) is 0 Å². The number of rotatable bonds is 8. The fourth-order valence-corrected chi connectivity index (χ4v) is 4.76. The summed E-state index contributed by atoms with van der Waals surface area (Å²) in [6, 6.07) is 19.2. The third-order valence-electron chi connectivity index (χ3n) is 3.89. The Labute approximate surface area is 164 Å². The molecule has 0 heterocycles. The molecule has 0 fully saturated rings. The van der Waals surface area contributed by atoms with Crippen molar-refractivity contribution in [2.24, 2.45) is 0 Å². The van der Waals surface area contributed by atoms with Crippen molar-refractivity contribution in [3.8, 4) is 0 Å². The number of halogens is 2. The molecule has 2 aromatic rings. The van der Waals surface area contributed by atoms with E-state index in [2.05, 4.69) is 5.09 Å². The minimum atomic E-state index is -3.44. The monoisotopic (exact) mass is 413 g/mol. The summed E-state index contributed by atoms with van der Waals surface area (Å²) in [5, 5.41) is 2.54. The predicted molar refractivity (Wildman–Crippen MR) is 107 cm³/mol. The van der Waals surface area contributed by atoms with Gasteiger partial charge < -0.3 is 0 Å².